The van der Waals surface area contributed by atoms with Crippen molar-refractivity contribution >= 4 is 5.69 Å². The molecule has 2 heterocycles. The first-order valence-corrected chi connectivity index (χ1v) is 6.47. The molecule has 1 N–H and O–H groups in total. The molecule has 0 bridgehead atoms. The van der Waals surface area contributed by atoms with Crippen molar-refractivity contribution in [2.75, 3.05) is 31.1 Å². The first-order chi connectivity index (χ1) is 7.93. The third kappa shape index (κ3) is 1.94. The van der Waals surface area contributed by atoms with E-state index in [-0.39, 0.29) is 0 Å². The third-order valence-electron chi connectivity index (χ3n) is 3.88. The molecule has 0 aromatic heterocycles. The summed E-state index contributed by atoms with van der Waals surface area (Å²) in [4.78, 5) is 2.58. The molecule has 0 amide bonds. The van der Waals surface area contributed by atoms with Crippen molar-refractivity contribution in [2.45, 2.75) is 19.3 Å². The van der Waals surface area contributed by atoms with Crippen LogP contribution in [0.2, 0.25) is 0 Å². The Balaban J connectivity index is 1.66. The summed E-state index contributed by atoms with van der Waals surface area (Å²) in [6.07, 6.45) is 3.93. The normalized spacial score (nSPS) is 20.4. The minimum absolute atomic E-state index is 0.925. The van der Waals surface area contributed by atoms with Crippen LogP contribution in [0.5, 0.6) is 0 Å². The van der Waals surface area contributed by atoms with Crippen LogP contribution in [0.25, 0.3) is 0 Å². The Morgan fingerprint density at radius 1 is 1.25 bits per heavy atom. The second kappa shape index (κ2) is 4.46. The fourth-order valence-electron chi connectivity index (χ4n) is 2.73. The van der Waals surface area contributed by atoms with Gasteiger partial charge in [0.25, 0.3) is 0 Å². The predicted octanol–water partition coefficient (Wildman–Crippen LogP) is 2.05. The number of hydrogen-bond acceptors (Lipinski definition) is 2. The van der Waals surface area contributed by atoms with E-state index in [9.17, 15) is 0 Å². The van der Waals surface area contributed by atoms with Crippen molar-refractivity contribution in [1.29, 1.82) is 0 Å². The van der Waals surface area contributed by atoms with E-state index < -0.39 is 0 Å². The lowest BCUT2D eigenvalue weighted by molar-refractivity contribution is 0.328. The third-order valence-corrected chi connectivity index (χ3v) is 3.88. The summed E-state index contributed by atoms with van der Waals surface area (Å²) in [5.41, 5.74) is 3.03. The van der Waals surface area contributed by atoms with Crippen LogP contribution in [0.3, 0.4) is 0 Å². The van der Waals surface area contributed by atoms with Crippen molar-refractivity contribution < 1.29 is 0 Å². The Labute approximate surface area is 97.6 Å². The van der Waals surface area contributed by atoms with Crippen molar-refractivity contribution in [2.24, 2.45) is 5.92 Å². The van der Waals surface area contributed by atoms with Crippen LogP contribution in [-0.2, 0) is 6.42 Å². The Morgan fingerprint density at radius 3 is 2.94 bits per heavy atom. The van der Waals surface area contributed by atoms with Gasteiger partial charge in [-0.25, -0.2) is 0 Å². The van der Waals surface area contributed by atoms with E-state index in [2.05, 4.69) is 34.5 Å². The minimum atomic E-state index is 0.925. The molecule has 2 aliphatic rings. The quantitative estimate of drug-likeness (QED) is 0.832. The monoisotopic (exact) mass is 216 g/mol. The molecule has 0 saturated carbocycles. The summed E-state index contributed by atoms with van der Waals surface area (Å²) >= 11 is 0. The molecule has 2 nitrogen and oxygen atoms in total. The van der Waals surface area contributed by atoms with Gasteiger partial charge in [0.2, 0.25) is 0 Å². The molecule has 0 aliphatic carbocycles. The van der Waals surface area contributed by atoms with Gasteiger partial charge in [-0.1, -0.05) is 18.2 Å². The standard InChI is InChI=1S/C14H20N2/c1-2-6-14-13(4-1)5-3-8-16(14)9-7-12-10-15-11-12/h1-2,4,6,12,15H,3,5,7-11H2. The van der Waals surface area contributed by atoms with E-state index >= 15 is 0 Å². The maximum Gasteiger partial charge on any atom is 0.0398 e. The number of fused-ring (bicyclic) bond motifs is 1. The van der Waals surface area contributed by atoms with E-state index in [0.29, 0.717) is 0 Å². The van der Waals surface area contributed by atoms with Crippen molar-refractivity contribution in [3.63, 3.8) is 0 Å². The zero-order valence-electron chi connectivity index (χ0n) is 9.78. The molecule has 0 unspecified atom stereocenters. The van der Waals surface area contributed by atoms with Crippen molar-refractivity contribution in [3.8, 4) is 0 Å². The Morgan fingerprint density at radius 2 is 2.12 bits per heavy atom. The van der Waals surface area contributed by atoms with Crippen LogP contribution in [0, 0.1) is 5.92 Å². The molecule has 16 heavy (non-hydrogen) atoms. The van der Waals surface area contributed by atoms with E-state index in [1.165, 1.54) is 51.1 Å². The van der Waals surface area contributed by atoms with Gasteiger partial charge in [0, 0.05) is 18.8 Å². The van der Waals surface area contributed by atoms with Gasteiger partial charge >= 0.3 is 0 Å². The fourth-order valence-corrected chi connectivity index (χ4v) is 2.73. The van der Waals surface area contributed by atoms with E-state index in [1.807, 2.05) is 0 Å². The number of aryl methyl sites for hydroxylation is 1. The van der Waals surface area contributed by atoms with Gasteiger partial charge in [-0.3, -0.25) is 0 Å². The number of para-hydroxylation sites is 1. The number of nitrogens with zero attached hydrogens (tertiary/aromatic N) is 1. The second-order valence-corrected chi connectivity index (χ2v) is 5.03. The molecule has 2 aliphatic heterocycles. The molecule has 3 rings (SSSR count). The highest BCUT2D eigenvalue weighted by atomic mass is 15.1. The smallest absolute Gasteiger partial charge is 0.0398 e. The molecule has 0 atom stereocenters. The maximum atomic E-state index is 3.35. The molecule has 0 spiro atoms. The molecule has 1 saturated heterocycles. The Kier molecular flexibility index (Phi) is 2.83. The van der Waals surface area contributed by atoms with Crippen LogP contribution in [0.1, 0.15) is 18.4 Å². The molecular weight excluding hydrogens is 196 g/mol. The molecule has 0 radical (unpaired) electrons. The van der Waals surface area contributed by atoms with Crippen LogP contribution < -0.4 is 10.2 Å². The van der Waals surface area contributed by atoms with E-state index in [0.717, 1.165) is 5.92 Å². The lowest BCUT2D eigenvalue weighted by Gasteiger charge is -2.34. The summed E-state index contributed by atoms with van der Waals surface area (Å²) in [5, 5.41) is 3.35. The SMILES string of the molecule is c1ccc2c(c1)CCCN2CCC1CNC1. The van der Waals surface area contributed by atoms with E-state index in [1.54, 1.807) is 5.56 Å². The summed E-state index contributed by atoms with van der Waals surface area (Å²) in [5.74, 6) is 0.925. The Bertz CT molecular complexity index is 358. The molecule has 1 fully saturated rings. The molecular formula is C14H20N2. The molecule has 1 aromatic rings. The zero-order chi connectivity index (χ0) is 10.8. The number of benzene rings is 1. The summed E-state index contributed by atoms with van der Waals surface area (Å²) in [6, 6.07) is 8.90. The highest BCUT2D eigenvalue weighted by Gasteiger charge is 2.20. The van der Waals surface area contributed by atoms with E-state index in [4.69, 9.17) is 0 Å². The predicted molar refractivity (Wildman–Crippen MR) is 68.0 cm³/mol. The topological polar surface area (TPSA) is 15.3 Å². The van der Waals surface area contributed by atoms with Crippen LogP contribution in [0.15, 0.2) is 24.3 Å². The number of rotatable bonds is 3. The van der Waals surface area contributed by atoms with Gasteiger partial charge < -0.3 is 10.2 Å². The second-order valence-electron chi connectivity index (χ2n) is 5.03. The summed E-state index contributed by atoms with van der Waals surface area (Å²) in [6.45, 7) is 4.95. The fraction of sp³-hybridized carbons (Fsp3) is 0.571. The first kappa shape index (κ1) is 10.2. The van der Waals surface area contributed by atoms with Crippen LogP contribution in [0.4, 0.5) is 5.69 Å². The van der Waals surface area contributed by atoms with Gasteiger partial charge in [0.15, 0.2) is 0 Å². The molecule has 86 valence electrons. The minimum Gasteiger partial charge on any atom is -0.371 e. The average molecular weight is 216 g/mol. The van der Waals surface area contributed by atoms with Gasteiger partial charge in [-0.05, 0) is 49.9 Å². The highest BCUT2D eigenvalue weighted by Crippen LogP contribution is 2.27. The van der Waals surface area contributed by atoms with Crippen LogP contribution >= 0.6 is 0 Å². The van der Waals surface area contributed by atoms with Gasteiger partial charge in [-0.15, -0.1) is 0 Å². The number of anilines is 1. The van der Waals surface area contributed by atoms with Crippen molar-refractivity contribution in [3.05, 3.63) is 29.8 Å². The largest absolute Gasteiger partial charge is 0.371 e. The van der Waals surface area contributed by atoms with Gasteiger partial charge in [0.1, 0.15) is 0 Å². The lowest BCUT2D eigenvalue weighted by Crippen LogP contribution is -2.44. The molecule has 2 heteroatoms. The summed E-state index contributed by atoms with van der Waals surface area (Å²) in [7, 11) is 0. The number of hydrogen-bond donors (Lipinski definition) is 1. The summed E-state index contributed by atoms with van der Waals surface area (Å²) < 4.78 is 0. The highest BCUT2D eigenvalue weighted by molar-refractivity contribution is 5.55. The maximum absolute atomic E-state index is 3.35. The Hall–Kier alpha value is -1.02. The average Bonchev–Trinajstić information content (AvgIpc) is 2.27. The van der Waals surface area contributed by atoms with Crippen molar-refractivity contribution in [1.82, 2.24) is 5.32 Å². The zero-order valence-corrected chi connectivity index (χ0v) is 9.78. The number of nitrogens with one attached hydrogen (secondary N) is 1. The first-order valence-electron chi connectivity index (χ1n) is 6.47. The van der Waals surface area contributed by atoms with Crippen LogP contribution in [-0.4, -0.2) is 26.2 Å². The molecule has 1 aromatic carbocycles. The van der Waals surface area contributed by atoms with Gasteiger partial charge in [0.05, 0.1) is 0 Å². The lowest BCUT2D eigenvalue weighted by atomic mass is 9.97. The van der Waals surface area contributed by atoms with Gasteiger partial charge in [-0.2, -0.15) is 0 Å².